The van der Waals surface area contributed by atoms with Gasteiger partial charge in [-0.3, -0.25) is 14.4 Å². The Morgan fingerprint density at radius 1 is 0.564 bits per heavy atom. The van der Waals surface area contributed by atoms with Crippen LogP contribution in [0, 0.1) is 17.8 Å². The van der Waals surface area contributed by atoms with Crippen molar-refractivity contribution < 1.29 is 34.2 Å². The first kappa shape index (κ1) is 37.1. The lowest BCUT2D eigenvalue weighted by Crippen LogP contribution is -2.52. The van der Waals surface area contributed by atoms with Crippen molar-refractivity contribution >= 4 is 17.9 Å². The van der Waals surface area contributed by atoms with Crippen molar-refractivity contribution in [3.8, 4) is 0 Å². The number of carboxylic acids is 3. The van der Waals surface area contributed by atoms with Gasteiger partial charge in [-0.15, -0.1) is 0 Å². The van der Waals surface area contributed by atoms with Gasteiger partial charge in [0.1, 0.15) is 0 Å². The average molecular weight is 555 g/mol. The molecule has 0 rings (SSSR count). The zero-order valence-electron chi connectivity index (χ0n) is 25.5. The fourth-order valence-electron chi connectivity index (χ4n) is 4.90. The van der Waals surface area contributed by atoms with E-state index in [1.165, 1.54) is 70.6 Å². The van der Waals surface area contributed by atoms with Gasteiger partial charge in [0.2, 0.25) is 0 Å². The number of rotatable bonds is 27. The summed E-state index contributed by atoms with van der Waals surface area (Å²) < 4.78 is 0.530. The second kappa shape index (κ2) is 22.9. The van der Waals surface area contributed by atoms with Gasteiger partial charge in [0, 0.05) is 19.3 Å². The maximum Gasteiger partial charge on any atom is 0.306 e. The Morgan fingerprint density at radius 3 is 1.23 bits per heavy atom. The van der Waals surface area contributed by atoms with Gasteiger partial charge in [0.15, 0.2) is 0 Å². The van der Waals surface area contributed by atoms with Crippen LogP contribution >= 0.6 is 0 Å². The molecule has 0 amide bonds. The monoisotopic (exact) mass is 554 g/mol. The van der Waals surface area contributed by atoms with E-state index in [4.69, 9.17) is 0 Å². The molecular formula is C32H60NO6+. The van der Waals surface area contributed by atoms with Gasteiger partial charge >= 0.3 is 17.9 Å². The highest BCUT2D eigenvalue weighted by Gasteiger charge is 2.31. The molecule has 0 aromatic rings. The smallest absolute Gasteiger partial charge is 0.306 e. The van der Waals surface area contributed by atoms with Gasteiger partial charge < -0.3 is 19.8 Å². The normalized spacial score (nSPS) is 15.6. The van der Waals surface area contributed by atoms with E-state index < -0.39 is 35.7 Å². The van der Waals surface area contributed by atoms with Crippen molar-refractivity contribution in [1.29, 1.82) is 0 Å². The summed E-state index contributed by atoms with van der Waals surface area (Å²) in [6.45, 7) is 9.79. The van der Waals surface area contributed by atoms with Crippen LogP contribution in [0.1, 0.15) is 130 Å². The van der Waals surface area contributed by atoms with E-state index in [0.717, 1.165) is 12.8 Å². The molecule has 0 fully saturated rings. The van der Waals surface area contributed by atoms with Gasteiger partial charge in [0.05, 0.1) is 43.9 Å². The van der Waals surface area contributed by atoms with E-state index >= 15 is 0 Å². The van der Waals surface area contributed by atoms with Crippen LogP contribution in [-0.4, -0.2) is 63.9 Å². The van der Waals surface area contributed by atoms with Gasteiger partial charge in [0.25, 0.3) is 0 Å². The molecule has 228 valence electrons. The van der Waals surface area contributed by atoms with E-state index in [1.807, 2.05) is 0 Å². The summed E-state index contributed by atoms with van der Waals surface area (Å²) in [5.74, 6) is -4.01. The van der Waals surface area contributed by atoms with Crippen molar-refractivity contribution in [1.82, 2.24) is 0 Å². The summed E-state index contributed by atoms with van der Waals surface area (Å²) in [4.78, 5) is 34.4. The summed E-state index contributed by atoms with van der Waals surface area (Å²) in [5, 5.41) is 28.2. The molecular weight excluding hydrogens is 494 g/mol. The molecule has 7 heteroatoms. The summed E-state index contributed by atoms with van der Waals surface area (Å²) in [6.07, 6.45) is 22.6. The Morgan fingerprint density at radius 2 is 0.897 bits per heavy atom. The Hall–Kier alpha value is -1.89. The highest BCUT2D eigenvalue weighted by atomic mass is 16.4. The van der Waals surface area contributed by atoms with Crippen LogP contribution in [0.3, 0.4) is 0 Å². The van der Waals surface area contributed by atoms with Gasteiger partial charge in [-0.1, -0.05) is 104 Å². The minimum atomic E-state index is -0.839. The average Bonchev–Trinajstić information content (AvgIpc) is 2.90. The highest BCUT2D eigenvalue weighted by molar-refractivity contribution is 5.70. The van der Waals surface area contributed by atoms with Gasteiger partial charge in [-0.05, 0) is 18.9 Å². The molecule has 0 spiro atoms. The molecule has 0 aromatic heterocycles. The second-order valence-electron chi connectivity index (χ2n) is 11.9. The lowest BCUT2D eigenvalue weighted by Gasteiger charge is -2.39. The van der Waals surface area contributed by atoms with Crippen LogP contribution < -0.4 is 0 Å². The number of hydrogen-bond donors (Lipinski definition) is 3. The molecule has 0 aromatic carbocycles. The number of allylic oxidation sites excluding steroid dienone is 1. The van der Waals surface area contributed by atoms with Crippen molar-refractivity contribution in [3.63, 3.8) is 0 Å². The molecule has 0 saturated carbocycles. The number of nitrogens with zero attached hydrogens (tertiary/aromatic N) is 1. The summed E-state index contributed by atoms with van der Waals surface area (Å²) in [6, 6.07) is 0. The first-order chi connectivity index (χ1) is 18.5. The summed E-state index contributed by atoms with van der Waals surface area (Å²) >= 11 is 0. The van der Waals surface area contributed by atoms with Crippen LogP contribution in [0.15, 0.2) is 12.2 Å². The third-order valence-corrected chi connectivity index (χ3v) is 8.26. The van der Waals surface area contributed by atoms with E-state index in [2.05, 4.69) is 19.1 Å². The second-order valence-corrected chi connectivity index (χ2v) is 11.9. The largest absolute Gasteiger partial charge is 0.481 e. The van der Waals surface area contributed by atoms with Crippen LogP contribution in [0.25, 0.3) is 0 Å². The number of aliphatic carboxylic acids is 3. The predicted octanol–water partition coefficient (Wildman–Crippen LogP) is 7.78. The number of quaternary nitrogens is 1. The fraction of sp³-hybridized carbons (Fsp3) is 0.844. The molecule has 39 heavy (non-hydrogen) atoms. The van der Waals surface area contributed by atoms with E-state index in [0.29, 0.717) is 49.9 Å². The number of unbranched alkanes of at least 4 members (excludes halogenated alkanes) is 12. The van der Waals surface area contributed by atoms with Crippen LogP contribution in [0.2, 0.25) is 0 Å². The SMILES string of the molecule is CCCCCCCCCCCCCC/C=C/C[N+](CCC(C)C(=O)O)(CCC(C)C(=O)O)CCC(C)C(=O)O. The zero-order chi connectivity index (χ0) is 29.5. The fourth-order valence-corrected chi connectivity index (χ4v) is 4.90. The quantitative estimate of drug-likeness (QED) is 0.0543. The minimum Gasteiger partial charge on any atom is -0.481 e. The van der Waals surface area contributed by atoms with Crippen LogP contribution in [-0.2, 0) is 14.4 Å². The summed E-state index contributed by atoms with van der Waals surface area (Å²) in [5.41, 5.74) is 0. The molecule has 0 saturated heterocycles. The predicted molar refractivity (Wildman–Crippen MR) is 159 cm³/mol. The zero-order valence-corrected chi connectivity index (χ0v) is 25.5. The maximum absolute atomic E-state index is 11.5. The molecule has 3 N–H and O–H groups in total. The van der Waals surface area contributed by atoms with Gasteiger partial charge in [-0.25, -0.2) is 0 Å². The Labute approximate surface area is 238 Å². The van der Waals surface area contributed by atoms with E-state index in [-0.39, 0.29) is 0 Å². The van der Waals surface area contributed by atoms with Gasteiger partial charge in [-0.2, -0.15) is 0 Å². The molecule has 0 aliphatic rings. The molecule has 0 bridgehead atoms. The van der Waals surface area contributed by atoms with Crippen LogP contribution in [0.4, 0.5) is 0 Å². The number of carbonyl (C=O) groups is 3. The Bertz CT molecular complexity index is 632. The summed E-state index contributed by atoms with van der Waals surface area (Å²) in [7, 11) is 0. The molecule has 0 aliphatic carbocycles. The first-order valence-corrected chi connectivity index (χ1v) is 15.7. The van der Waals surface area contributed by atoms with Crippen molar-refractivity contribution in [2.45, 2.75) is 130 Å². The van der Waals surface area contributed by atoms with Crippen molar-refractivity contribution in [3.05, 3.63) is 12.2 Å². The lowest BCUT2D eigenvalue weighted by molar-refractivity contribution is -0.924. The third kappa shape index (κ3) is 19.8. The van der Waals surface area contributed by atoms with Crippen LogP contribution in [0.5, 0.6) is 0 Å². The first-order valence-electron chi connectivity index (χ1n) is 15.7. The van der Waals surface area contributed by atoms with E-state index in [1.54, 1.807) is 20.8 Å². The maximum atomic E-state index is 11.5. The minimum absolute atomic E-state index is 0.477. The Kier molecular flexibility index (Phi) is 21.8. The molecule has 0 heterocycles. The molecule has 3 atom stereocenters. The highest BCUT2D eigenvalue weighted by Crippen LogP contribution is 2.20. The topological polar surface area (TPSA) is 112 Å². The molecule has 0 aliphatic heterocycles. The van der Waals surface area contributed by atoms with Crippen molar-refractivity contribution in [2.75, 3.05) is 26.2 Å². The number of carboxylic acid groups (broad SMARTS) is 3. The standard InChI is InChI=1S/C32H59NO6/c1-5-6-7-8-9-10-11-12-13-14-15-16-17-18-19-23-33(24-20-27(2)30(34)35,25-21-28(3)31(36)37)26-22-29(4)32(38)39/h18-19,27-29H,5-17,20-26H2,1-4H3,(H2-,34,35,36,37,38,39)/p+1/b19-18+. The number of hydrogen-bond acceptors (Lipinski definition) is 3. The molecule has 0 radical (unpaired) electrons. The molecule has 7 nitrogen and oxygen atoms in total. The molecule has 3 unspecified atom stereocenters. The van der Waals surface area contributed by atoms with E-state index in [9.17, 15) is 29.7 Å². The third-order valence-electron chi connectivity index (χ3n) is 8.26. The lowest BCUT2D eigenvalue weighted by atomic mass is 10.0. The van der Waals surface area contributed by atoms with Crippen molar-refractivity contribution in [2.24, 2.45) is 17.8 Å². The Balaban J connectivity index is 4.80.